The molecule has 0 saturated carbocycles. The first kappa shape index (κ1) is 18.4. The maximum Gasteiger partial charge on any atom is 0.261 e. The number of carbonyl (C=O) groups is 2. The maximum atomic E-state index is 12.4. The lowest BCUT2D eigenvalue weighted by Gasteiger charge is -2.08. The summed E-state index contributed by atoms with van der Waals surface area (Å²) >= 11 is 7.41. The monoisotopic (exact) mass is 390 g/mol. The number of rotatable bonds is 5. The lowest BCUT2D eigenvalue weighted by Crippen LogP contribution is -2.39. The van der Waals surface area contributed by atoms with Crippen LogP contribution in [0.1, 0.15) is 29.2 Å². The van der Waals surface area contributed by atoms with E-state index >= 15 is 0 Å². The van der Waals surface area contributed by atoms with E-state index in [1.54, 1.807) is 16.8 Å². The van der Waals surface area contributed by atoms with Gasteiger partial charge in [0.2, 0.25) is 5.91 Å². The second-order valence-electron chi connectivity index (χ2n) is 6.21. The first-order chi connectivity index (χ1) is 12.3. The minimum Gasteiger partial charge on any atom is -0.352 e. The van der Waals surface area contributed by atoms with Gasteiger partial charge in [-0.15, -0.1) is 11.3 Å². The molecule has 0 fully saturated rings. The molecule has 8 heteroatoms. The van der Waals surface area contributed by atoms with Crippen molar-refractivity contribution in [1.29, 1.82) is 0 Å². The Morgan fingerprint density at radius 2 is 2.08 bits per heavy atom. The zero-order chi connectivity index (χ0) is 18.8. The molecule has 2 aromatic heterocycles. The van der Waals surface area contributed by atoms with Gasteiger partial charge in [-0.3, -0.25) is 9.59 Å². The van der Waals surface area contributed by atoms with Crippen LogP contribution in [-0.4, -0.2) is 34.2 Å². The Morgan fingerprint density at radius 1 is 1.31 bits per heavy atom. The predicted molar refractivity (Wildman–Crippen MR) is 104 cm³/mol. The number of nitrogens with one attached hydrogen (secondary N) is 2. The van der Waals surface area contributed by atoms with Crippen molar-refractivity contribution < 1.29 is 9.59 Å². The number of carbonyl (C=O) groups excluding carboxylic acids is 2. The lowest BCUT2D eigenvalue weighted by atomic mass is 10.3. The number of fused-ring (bicyclic) bond motifs is 1. The summed E-state index contributed by atoms with van der Waals surface area (Å²) in [4.78, 5) is 25.5. The van der Waals surface area contributed by atoms with Gasteiger partial charge in [-0.25, -0.2) is 4.68 Å². The van der Waals surface area contributed by atoms with Crippen molar-refractivity contribution in [2.75, 3.05) is 6.54 Å². The Balaban J connectivity index is 1.84. The first-order valence-electron chi connectivity index (χ1n) is 8.18. The normalized spacial score (nSPS) is 11.1. The third-order valence-electron chi connectivity index (χ3n) is 3.68. The summed E-state index contributed by atoms with van der Waals surface area (Å²) in [6, 6.07) is 9.23. The van der Waals surface area contributed by atoms with Crippen LogP contribution in [0, 0.1) is 6.92 Å². The van der Waals surface area contributed by atoms with Crippen molar-refractivity contribution in [2.45, 2.75) is 26.8 Å². The van der Waals surface area contributed by atoms with Crippen molar-refractivity contribution in [2.24, 2.45) is 0 Å². The fourth-order valence-electron chi connectivity index (χ4n) is 2.56. The second-order valence-corrected chi connectivity index (χ2v) is 7.68. The zero-order valence-electron chi connectivity index (χ0n) is 14.7. The van der Waals surface area contributed by atoms with E-state index in [-0.39, 0.29) is 24.4 Å². The van der Waals surface area contributed by atoms with Crippen LogP contribution >= 0.6 is 22.9 Å². The lowest BCUT2D eigenvalue weighted by molar-refractivity contribution is -0.120. The maximum absolute atomic E-state index is 12.4. The first-order valence-corrected chi connectivity index (χ1v) is 9.37. The molecule has 0 saturated heterocycles. The Hall–Kier alpha value is -2.38. The summed E-state index contributed by atoms with van der Waals surface area (Å²) in [5, 5.41) is 11.5. The molecule has 1 aromatic carbocycles. The topological polar surface area (TPSA) is 76.0 Å². The molecule has 6 nitrogen and oxygen atoms in total. The Morgan fingerprint density at radius 3 is 2.77 bits per heavy atom. The Labute approximate surface area is 160 Å². The van der Waals surface area contributed by atoms with Crippen LogP contribution in [-0.2, 0) is 4.79 Å². The minimum atomic E-state index is -0.276. The molecule has 0 unspecified atom stereocenters. The van der Waals surface area contributed by atoms with Gasteiger partial charge in [0, 0.05) is 16.5 Å². The van der Waals surface area contributed by atoms with E-state index in [1.807, 2.05) is 39.0 Å². The molecule has 2 N–H and O–H groups in total. The average molecular weight is 391 g/mol. The van der Waals surface area contributed by atoms with E-state index in [0.717, 1.165) is 21.6 Å². The van der Waals surface area contributed by atoms with Crippen LogP contribution in [0.2, 0.25) is 5.02 Å². The molecule has 0 spiro atoms. The van der Waals surface area contributed by atoms with Crippen molar-refractivity contribution in [3.63, 3.8) is 0 Å². The quantitative estimate of drug-likeness (QED) is 0.701. The van der Waals surface area contributed by atoms with Gasteiger partial charge < -0.3 is 10.6 Å². The van der Waals surface area contributed by atoms with E-state index in [4.69, 9.17) is 11.6 Å². The van der Waals surface area contributed by atoms with Crippen molar-refractivity contribution in [3.8, 4) is 5.69 Å². The van der Waals surface area contributed by atoms with Crippen LogP contribution in [0.25, 0.3) is 15.9 Å². The molecule has 0 bridgehead atoms. The van der Waals surface area contributed by atoms with E-state index in [2.05, 4.69) is 15.7 Å². The van der Waals surface area contributed by atoms with Gasteiger partial charge in [0.1, 0.15) is 4.83 Å². The predicted octanol–water partition coefficient (Wildman–Crippen LogP) is 3.30. The third-order valence-corrected chi connectivity index (χ3v) is 5.02. The Bertz CT molecular complexity index is 977. The third kappa shape index (κ3) is 3.89. The smallest absolute Gasteiger partial charge is 0.261 e. The highest BCUT2D eigenvalue weighted by molar-refractivity contribution is 7.20. The molecular weight excluding hydrogens is 372 g/mol. The van der Waals surface area contributed by atoms with Crippen molar-refractivity contribution in [3.05, 3.63) is 45.9 Å². The fourth-order valence-corrected chi connectivity index (χ4v) is 3.85. The summed E-state index contributed by atoms with van der Waals surface area (Å²) < 4.78 is 1.78. The number of aromatic nitrogens is 2. The molecule has 2 amide bonds. The summed E-state index contributed by atoms with van der Waals surface area (Å²) in [6.45, 7) is 5.59. The molecule has 3 rings (SSSR count). The number of thiophene rings is 1. The molecule has 26 heavy (non-hydrogen) atoms. The molecular formula is C18H19ClN4O2S. The van der Waals surface area contributed by atoms with Crippen molar-refractivity contribution >= 4 is 45.0 Å². The second kappa shape index (κ2) is 7.47. The van der Waals surface area contributed by atoms with E-state index in [0.29, 0.717) is 9.90 Å². The van der Waals surface area contributed by atoms with Crippen LogP contribution < -0.4 is 10.6 Å². The van der Waals surface area contributed by atoms with E-state index < -0.39 is 0 Å². The summed E-state index contributed by atoms with van der Waals surface area (Å²) in [7, 11) is 0. The van der Waals surface area contributed by atoms with Crippen LogP contribution in [0.5, 0.6) is 0 Å². The van der Waals surface area contributed by atoms with Gasteiger partial charge in [0.25, 0.3) is 5.91 Å². The van der Waals surface area contributed by atoms with Gasteiger partial charge in [0.05, 0.1) is 22.8 Å². The molecule has 0 atom stereocenters. The van der Waals surface area contributed by atoms with E-state index in [1.165, 1.54) is 11.3 Å². The zero-order valence-corrected chi connectivity index (χ0v) is 16.2. The summed E-state index contributed by atoms with van der Waals surface area (Å²) in [5.41, 5.74) is 1.66. The molecule has 0 aliphatic heterocycles. The number of benzene rings is 1. The number of aryl methyl sites for hydroxylation is 1. The number of hydrogen-bond donors (Lipinski definition) is 2. The van der Waals surface area contributed by atoms with Gasteiger partial charge in [0.15, 0.2) is 0 Å². The number of hydrogen-bond acceptors (Lipinski definition) is 4. The van der Waals surface area contributed by atoms with Gasteiger partial charge in [-0.2, -0.15) is 5.10 Å². The minimum absolute atomic E-state index is 0.0371. The van der Waals surface area contributed by atoms with Gasteiger partial charge in [-0.1, -0.05) is 17.7 Å². The van der Waals surface area contributed by atoms with Crippen LogP contribution in [0.15, 0.2) is 30.3 Å². The molecule has 136 valence electrons. The standard InChI is InChI=1S/C18H19ClN4O2S/c1-10(2)21-16(24)9-20-17(25)15-8-14-11(3)22-23(18(14)26-15)13-6-4-5-12(19)7-13/h4-8,10H,9H2,1-3H3,(H,20,25)(H,21,24). The SMILES string of the molecule is Cc1nn(-c2cccc(Cl)c2)c2sc(C(=O)NCC(=O)NC(C)C)cc12. The highest BCUT2D eigenvalue weighted by atomic mass is 35.5. The van der Waals surface area contributed by atoms with Gasteiger partial charge >= 0.3 is 0 Å². The molecule has 0 aliphatic carbocycles. The number of halogens is 1. The fraction of sp³-hybridized carbons (Fsp3) is 0.278. The molecule has 0 radical (unpaired) electrons. The van der Waals surface area contributed by atoms with E-state index in [9.17, 15) is 9.59 Å². The summed E-state index contributed by atoms with van der Waals surface area (Å²) in [6.07, 6.45) is 0. The highest BCUT2D eigenvalue weighted by Gasteiger charge is 2.18. The van der Waals surface area contributed by atoms with Gasteiger partial charge in [-0.05, 0) is 45.0 Å². The molecule has 2 heterocycles. The van der Waals surface area contributed by atoms with Crippen molar-refractivity contribution in [1.82, 2.24) is 20.4 Å². The summed E-state index contributed by atoms with van der Waals surface area (Å²) in [5.74, 6) is -0.488. The number of nitrogens with zero attached hydrogens (tertiary/aromatic N) is 2. The van der Waals surface area contributed by atoms with Crippen LogP contribution in [0.4, 0.5) is 0 Å². The Kier molecular flexibility index (Phi) is 5.29. The molecule has 3 aromatic rings. The van der Waals surface area contributed by atoms with Crippen LogP contribution in [0.3, 0.4) is 0 Å². The highest BCUT2D eigenvalue weighted by Crippen LogP contribution is 2.30. The largest absolute Gasteiger partial charge is 0.352 e. The molecule has 0 aliphatic rings. The average Bonchev–Trinajstić information content (AvgIpc) is 3.13. The number of amides is 2.